The van der Waals surface area contributed by atoms with Crippen molar-refractivity contribution in [3.8, 4) is 0 Å². The van der Waals surface area contributed by atoms with Crippen LogP contribution in [0.1, 0.15) is 11.1 Å². The van der Waals surface area contributed by atoms with E-state index in [0.717, 1.165) is 23.2 Å². The van der Waals surface area contributed by atoms with Crippen molar-refractivity contribution in [1.29, 1.82) is 0 Å². The highest BCUT2D eigenvalue weighted by molar-refractivity contribution is 6.30. The van der Waals surface area contributed by atoms with E-state index in [4.69, 9.17) is 17.3 Å². The third-order valence-electron chi connectivity index (χ3n) is 3.78. The molecule has 108 valence electrons. The number of nitrogens with zero attached hydrogens (tertiary/aromatic N) is 2. The minimum Gasteiger partial charge on any atom is -0.398 e. The van der Waals surface area contributed by atoms with Gasteiger partial charge in [-0.05, 0) is 35.7 Å². The summed E-state index contributed by atoms with van der Waals surface area (Å²) in [6.45, 7) is 1.31. The highest BCUT2D eigenvalue weighted by Gasteiger charge is 2.24. The maximum Gasteiger partial charge on any atom is 0.294 e. The van der Waals surface area contributed by atoms with Crippen LogP contribution in [0.4, 0.5) is 17.1 Å². The van der Waals surface area contributed by atoms with Crippen molar-refractivity contribution < 1.29 is 4.92 Å². The van der Waals surface area contributed by atoms with Gasteiger partial charge in [0.2, 0.25) is 0 Å². The Morgan fingerprint density at radius 2 is 2.10 bits per heavy atom. The number of nitro groups is 1. The van der Waals surface area contributed by atoms with Gasteiger partial charge in [-0.3, -0.25) is 10.1 Å². The second-order valence-corrected chi connectivity index (χ2v) is 5.48. The molecule has 0 atom stereocenters. The molecule has 0 bridgehead atoms. The zero-order valence-corrected chi connectivity index (χ0v) is 12.0. The molecule has 2 aromatic rings. The van der Waals surface area contributed by atoms with Gasteiger partial charge in [0.1, 0.15) is 5.69 Å². The van der Waals surface area contributed by atoms with Crippen molar-refractivity contribution >= 4 is 28.7 Å². The van der Waals surface area contributed by atoms with Crippen LogP contribution in [-0.2, 0) is 13.0 Å². The number of benzene rings is 2. The lowest BCUT2D eigenvalue weighted by atomic mass is 9.97. The first-order valence-corrected chi connectivity index (χ1v) is 6.99. The molecule has 0 amide bonds. The van der Waals surface area contributed by atoms with Crippen molar-refractivity contribution in [2.75, 3.05) is 17.2 Å². The quantitative estimate of drug-likeness (QED) is 0.524. The molecule has 0 fully saturated rings. The summed E-state index contributed by atoms with van der Waals surface area (Å²) in [5, 5.41) is 11.6. The monoisotopic (exact) mass is 303 g/mol. The molecule has 0 saturated heterocycles. The van der Waals surface area contributed by atoms with E-state index < -0.39 is 4.92 Å². The summed E-state index contributed by atoms with van der Waals surface area (Å²) in [5.74, 6) is 0. The summed E-state index contributed by atoms with van der Waals surface area (Å²) in [7, 11) is 0. The molecular formula is C15H14ClN3O2. The SMILES string of the molecule is Nc1cccc2c1CCN(c1ccc(Cl)cc1[N+](=O)[O-])C2. The summed E-state index contributed by atoms with van der Waals surface area (Å²) in [4.78, 5) is 12.8. The van der Waals surface area contributed by atoms with Crippen LogP contribution in [0, 0.1) is 10.1 Å². The summed E-state index contributed by atoms with van der Waals surface area (Å²) in [6.07, 6.45) is 0.780. The van der Waals surface area contributed by atoms with E-state index in [9.17, 15) is 10.1 Å². The number of rotatable bonds is 2. The zero-order chi connectivity index (χ0) is 15.0. The van der Waals surface area contributed by atoms with Crippen molar-refractivity contribution in [2.45, 2.75) is 13.0 Å². The van der Waals surface area contributed by atoms with Crippen molar-refractivity contribution in [3.63, 3.8) is 0 Å². The maximum absolute atomic E-state index is 11.2. The van der Waals surface area contributed by atoms with E-state index in [1.807, 2.05) is 23.1 Å². The third-order valence-corrected chi connectivity index (χ3v) is 4.01. The molecule has 21 heavy (non-hydrogen) atoms. The number of fused-ring (bicyclic) bond motifs is 1. The van der Waals surface area contributed by atoms with E-state index >= 15 is 0 Å². The predicted octanol–water partition coefficient (Wildman–Crippen LogP) is 3.39. The molecular weight excluding hydrogens is 290 g/mol. The van der Waals surface area contributed by atoms with E-state index in [1.54, 1.807) is 12.1 Å². The number of anilines is 2. The Bertz CT molecular complexity index is 718. The number of nitrogens with two attached hydrogens (primary N) is 1. The second-order valence-electron chi connectivity index (χ2n) is 5.05. The highest BCUT2D eigenvalue weighted by atomic mass is 35.5. The molecule has 0 aromatic heterocycles. The Kier molecular flexibility index (Phi) is 3.43. The fraction of sp³-hybridized carbons (Fsp3) is 0.200. The lowest BCUT2D eigenvalue weighted by molar-refractivity contribution is -0.384. The normalized spacial score (nSPS) is 13.9. The van der Waals surface area contributed by atoms with Crippen molar-refractivity contribution in [1.82, 2.24) is 0 Å². The van der Waals surface area contributed by atoms with Crippen LogP contribution < -0.4 is 10.6 Å². The summed E-state index contributed by atoms with van der Waals surface area (Å²) in [5.41, 5.74) is 9.66. The van der Waals surface area contributed by atoms with Gasteiger partial charge in [0.25, 0.3) is 5.69 Å². The Labute approximate surface area is 127 Å². The standard InChI is InChI=1S/C15H14ClN3O2/c16-11-4-5-14(15(8-11)19(20)21)18-7-6-12-10(9-18)2-1-3-13(12)17/h1-5,8H,6-7,9,17H2. The Morgan fingerprint density at radius 1 is 1.29 bits per heavy atom. The molecule has 0 aliphatic carbocycles. The lowest BCUT2D eigenvalue weighted by Crippen LogP contribution is -2.31. The number of halogens is 1. The zero-order valence-electron chi connectivity index (χ0n) is 11.3. The molecule has 3 rings (SSSR count). The molecule has 0 saturated carbocycles. The minimum absolute atomic E-state index is 0.0369. The Hall–Kier alpha value is -2.27. The fourth-order valence-corrected chi connectivity index (χ4v) is 2.92. The van der Waals surface area contributed by atoms with Gasteiger partial charge in [0, 0.05) is 29.9 Å². The van der Waals surface area contributed by atoms with E-state index in [-0.39, 0.29) is 5.69 Å². The van der Waals surface area contributed by atoms with Crippen LogP contribution in [0.15, 0.2) is 36.4 Å². The predicted molar refractivity (Wildman–Crippen MR) is 83.7 cm³/mol. The fourth-order valence-electron chi connectivity index (χ4n) is 2.75. The first-order chi connectivity index (χ1) is 10.1. The topological polar surface area (TPSA) is 72.4 Å². The second kappa shape index (κ2) is 5.26. The first kappa shape index (κ1) is 13.7. The molecule has 0 unspecified atom stereocenters. The highest BCUT2D eigenvalue weighted by Crippen LogP contribution is 2.35. The molecule has 1 aliphatic rings. The van der Waals surface area contributed by atoms with Gasteiger partial charge < -0.3 is 10.6 Å². The van der Waals surface area contributed by atoms with Crippen molar-refractivity contribution in [2.24, 2.45) is 0 Å². The number of nitrogen functional groups attached to an aromatic ring is 1. The molecule has 2 N–H and O–H groups in total. The van der Waals surface area contributed by atoms with Gasteiger partial charge in [-0.25, -0.2) is 0 Å². The van der Waals surface area contributed by atoms with Gasteiger partial charge in [-0.1, -0.05) is 23.7 Å². The van der Waals surface area contributed by atoms with Crippen LogP contribution in [-0.4, -0.2) is 11.5 Å². The molecule has 0 spiro atoms. The number of nitro benzene ring substituents is 1. The van der Waals surface area contributed by atoms with Gasteiger partial charge in [0.05, 0.1) is 4.92 Å². The van der Waals surface area contributed by atoms with E-state index in [1.165, 1.54) is 6.07 Å². The average Bonchev–Trinajstić information content (AvgIpc) is 2.47. The maximum atomic E-state index is 11.2. The molecule has 6 heteroatoms. The summed E-state index contributed by atoms with van der Waals surface area (Å²) < 4.78 is 0. The molecule has 0 radical (unpaired) electrons. The van der Waals surface area contributed by atoms with Crippen LogP contribution in [0.5, 0.6) is 0 Å². The van der Waals surface area contributed by atoms with Gasteiger partial charge in [-0.2, -0.15) is 0 Å². The van der Waals surface area contributed by atoms with Crippen LogP contribution in [0.2, 0.25) is 5.02 Å². The molecule has 1 heterocycles. The Balaban J connectivity index is 1.99. The largest absolute Gasteiger partial charge is 0.398 e. The van der Waals surface area contributed by atoms with Crippen LogP contribution >= 0.6 is 11.6 Å². The smallest absolute Gasteiger partial charge is 0.294 e. The minimum atomic E-state index is -0.393. The van der Waals surface area contributed by atoms with Gasteiger partial charge >= 0.3 is 0 Å². The van der Waals surface area contributed by atoms with E-state index in [2.05, 4.69) is 0 Å². The third kappa shape index (κ3) is 2.52. The lowest BCUT2D eigenvalue weighted by Gasteiger charge is -2.31. The molecule has 1 aliphatic heterocycles. The number of hydrogen-bond donors (Lipinski definition) is 1. The summed E-state index contributed by atoms with van der Waals surface area (Å²) in [6, 6.07) is 10.6. The van der Waals surface area contributed by atoms with Crippen LogP contribution in [0.3, 0.4) is 0 Å². The first-order valence-electron chi connectivity index (χ1n) is 6.61. The average molecular weight is 304 g/mol. The molecule has 2 aromatic carbocycles. The van der Waals surface area contributed by atoms with Gasteiger partial charge in [-0.15, -0.1) is 0 Å². The molecule has 5 nitrogen and oxygen atoms in total. The summed E-state index contributed by atoms with van der Waals surface area (Å²) >= 11 is 5.86. The van der Waals surface area contributed by atoms with Crippen LogP contribution in [0.25, 0.3) is 0 Å². The van der Waals surface area contributed by atoms with Gasteiger partial charge in [0.15, 0.2) is 0 Å². The van der Waals surface area contributed by atoms with E-state index in [0.29, 0.717) is 23.8 Å². The number of hydrogen-bond acceptors (Lipinski definition) is 4. The Morgan fingerprint density at radius 3 is 2.86 bits per heavy atom. The van der Waals surface area contributed by atoms with Crippen molar-refractivity contribution in [3.05, 3.63) is 62.7 Å².